The van der Waals surface area contributed by atoms with E-state index in [2.05, 4.69) is 44.8 Å². The third-order valence-corrected chi connectivity index (χ3v) is 2.49. The molecule has 2 heteroatoms. The Hall–Kier alpha value is -0.0800. The van der Waals surface area contributed by atoms with E-state index in [1.165, 1.54) is 45.3 Å². The minimum atomic E-state index is 1.10. The summed E-state index contributed by atoms with van der Waals surface area (Å²) in [5, 5.41) is 3.20. The molecule has 0 fully saturated rings. The molecule has 0 aromatic carbocycles. The summed E-state index contributed by atoms with van der Waals surface area (Å²) in [6.45, 7) is 17.1. The van der Waals surface area contributed by atoms with Crippen molar-refractivity contribution >= 4 is 0 Å². The summed E-state index contributed by atoms with van der Waals surface area (Å²) in [4.78, 5) is 2.52. The van der Waals surface area contributed by atoms with Crippen molar-refractivity contribution in [3.63, 3.8) is 0 Å². The van der Waals surface area contributed by atoms with Crippen LogP contribution in [0.25, 0.3) is 0 Å². The molecule has 0 saturated heterocycles. The lowest BCUT2D eigenvalue weighted by Crippen LogP contribution is -2.25. The van der Waals surface area contributed by atoms with Gasteiger partial charge in [-0.3, -0.25) is 0 Å². The SMILES string of the molecule is CCCCN(CC)CCC.CCCNCC. The molecule has 0 radical (unpaired) electrons. The molecule has 0 rings (SSSR count). The third kappa shape index (κ3) is 16.4. The highest BCUT2D eigenvalue weighted by molar-refractivity contribution is 4.52. The molecule has 0 amide bonds. The Morgan fingerprint density at radius 1 is 0.812 bits per heavy atom. The fourth-order valence-electron chi connectivity index (χ4n) is 1.48. The predicted octanol–water partition coefficient (Wildman–Crippen LogP) is 3.52. The highest BCUT2D eigenvalue weighted by atomic mass is 15.1. The first-order valence-corrected chi connectivity index (χ1v) is 7.19. The molecule has 100 valence electrons. The third-order valence-electron chi connectivity index (χ3n) is 2.49. The monoisotopic (exact) mass is 230 g/mol. The maximum atomic E-state index is 3.20. The molecule has 0 aromatic rings. The second kappa shape index (κ2) is 17.3. The van der Waals surface area contributed by atoms with Gasteiger partial charge in [-0.05, 0) is 52.0 Å². The van der Waals surface area contributed by atoms with Gasteiger partial charge in [-0.2, -0.15) is 0 Å². The van der Waals surface area contributed by atoms with Gasteiger partial charge in [0.15, 0.2) is 0 Å². The first-order chi connectivity index (χ1) is 7.76. The average molecular weight is 230 g/mol. The molecule has 0 unspecified atom stereocenters. The zero-order valence-corrected chi connectivity index (χ0v) is 12.3. The van der Waals surface area contributed by atoms with Gasteiger partial charge in [0.1, 0.15) is 0 Å². The number of rotatable bonds is 9. The molecule has 0 aromatic heterocycles. The Morgan fingerprint density at radius 3 is 1.81 bits per heavy atom. The maximum Gasteiger partial charge on any atom is -0.00190 e. The molecule has 0 bridgehead atoms. The summed E-state index contributed by atoms with van der Waals surface area (Å²) in [6, 6.07) is 0. The van der Waals surface area contributed by atoms with Crippen LogP contribution >= 0.6 is 0 Å². The molecule has 2 nitrogen and oxygen atoms in total. The van der Waals surface area contributed by atoms with Gasteiger partial charge in [0.05, 0.1) is 0 Å². The first kappa shape index (κ1) is 18.3. The molecular formula is C14H34N2. The lowest BCUT2D eigenvalue weighted by molar-refractivity contribution is 0.284. The van der Waals surface area contributed by atoms with Crippen LogP contribution in [0.1, 0.15) is 60.3 Å². The van der Waals surface area contributed by atoms with Crippen molar-refractivity contribution in [2.24, 2.45) is 0 Å². The van der Waals surface area contributed by atoms with Crippen molar-refractivity contribution in [3.8, 4) is 0 Å². The van der Waals surface area contributed by atoms with Crippen LogP contribution in [0.15, 0.2) is 0 Å². The highest BCUT2D eigenvalue weighted by Crippen LogP contribution is 1.95. The number of nitrogens with one attached hydrogen (secondary N) is 1. The maximum absolute atomic E-state index is 3.20. The van der Waals surface area contributed by atoms with E-state index in [0.717, 1.165) is 13.1 Å². The van der Waals surface area contributed by atoms with Crippen LogP contribution in [-0.2, 0) is 0 Å². The van der Waals surface area contributed by atoms with Gasteiger partial charge in [0.2, 0.25) is 0 Å². The number of hydrogen-bond donors (Lipinski definition) is 1. The van der Waals surface area contributed by atoms with E-state index in [4.69, 9.17) is 0 Å². The standard InChI is InChI=1S/C9H21N.C5H13N/c1-4-7-9-10(6-3)8-5-2;1-3-5-6-4-2/h4-9H2,1-3H3;6H,3-5H2,1-2H3. The Balaban J connectivity index is 0. The Kier molecular flexibility index (Phi) is 19.8. The lowest BCUT2D eigenvalue weighted by Gasteiger charge is -2.18. The van der Waals surface area contributed by atoms with E-state index in [-0.39, 0.29) is 0 Å². The normalized spacial score (nSPS) is 10.1. The van der Waals surface area contributed by atoms with Crippen LogP contribution in [0.2, 0.25) is 0 Å². The van der Waals surface area contributed by atoms with Gasteiger partial charge >= 0.3 is 0 Å². The minimum Gasteiger partial charge on any atom is -0.317 e. The molecule has 0 spiro atoms. The highest BCUT2D eigenvalue weighted by Gasteiger charge is 1.97. The van der Waals surface area contributed by atoms with Crippen LogP contribution in [0.3, 0.4) is 0 Å². The van der Waals surface area contributed by atoms with Crippen molar-refractivity contribution in [2.75, 3.05) is 32.7 Å². The Labute approximate surface area is 104 Å². The van der Waals surface area contributed by atoms with Crippen molar-refractivity contribution in [1.82, 2.24) is 10.2 Å². The fraction of sp³-hybridized carbons (Fsp3) is 1.00. The van der Waals surface area contributed by atoms with Crippen molar-refractivity contribution in [2.45, 2.75) is 60.3 Å². The van der Waals surface area contributed by atoms with Crippen LogP contribution < -0.4 is 5.32 Å². The van der Waals surface area contributed by atoms with Gasteiger partial charge < -0.3 is 10.2 Å². The second-order valence-corrected chi connectivity index (χ2v) is 4.14. The number of nitrogens with zero attached hydrogens (tertiary/aromatic N) is 1. The molecule has 0 aliphatic rings. The van der Waals surface area contributed by atoms with Crippen molar-refractivity contribution in [3.05, 3.63) is 0 Å². The second-order valence-electron chi connectivity index (χ2n) is 4.14. The van der Waals surface area contributed by atoms with Gasteiger partial charge in [0.25, 0.3) is 0 Å². The van der Waals surface area contributed by atoms with E-state index in [0.29, 0.717) is 0 Å². The van der Waals surface area contributed by atoms with Crippen LogP contribution in [0.4, 0.5) is 0 Å². The lowest BCUT2D eigenvalue weighted by atomic mass is 10.3. The van der Waals surface area contributed by atoms with Gasteiger partial charge in [-0.1, -0.05) is 41.0 Å². The van der Waals surface area contributed by atoms with E-state index in [1.807, 2.05) is 0 Å². The summed E-state index contributed by atoms with van der Waals surface area (Å²) in [5.74, 6) is 0. The Morgan fingerprint density at radius 2 is 1.50 bits per heavy atom. The largest absolute Gasteiger partial charge is 0.317 e. The minimum absolute atomic E-state index is 1.10. The van der Waals surface area contributed by atoms with E-state index >= 15 is 0 Å². The van der Waals surface area contributed by atoms with E-state index in [9.17, 15) is 0 Å². The van der Waals surface area contributed by atoms with E-state index < -0.39 is 0 Å². The topological polar surface area (TPSA) is 15.3 Å². The summed E-state index contributed by atoms with van der Waals surface area (Å²) < 4.78 is 0. The summed E-state index contributed by atoms with van der Waals surface area (Å²) in [5.41, 5.74) is 0. The Bertz CT molecular complexity index is 101. The van der Waals surface area contributed by atoms with Crippen molar-refractivity contribution < 1.29 is 0 Å². The number of unbranched alkanes of at least 4 members (excludes halogenated alkanes) is 1. The number of hydrogen-bond acceptors (Lipinski definition) is 2. The van der Waals surface area contributed by atoms with Crippen molar-refractivity contribution in [1.29, 1.82) is 0 Å². The molecule has 0 saturated carbocycles. The first-order valence-electron chi connectivity index (χ1n) is 7.19. The van der Waals surface area contributed by atoms with Crippen LogP contribution in [0.5, 0.6) is 0 Å². The molecule has 16 heavy (non-hydrogen) atoms. The average Bonchev–Trinajstić information content (AvgIpc) is 2.32. The van der Waals surface area contributed by atoms with Gasteiger partial charge in [-0.15, -0.1) is 0 Å². The summed E-state index contributed by atoms with van der Waals surface area (Å²) in [7, 11) is 0. The van der Waals surface area contributed by atoms with Gasteiger partial charge in [0, 0.05) is 0 Å². The summed E-state index contributed by atoms with van der Waals surface area (Å²) >= 11 is 0. The quantitative estimate of drug-likeness (QED) is 0.610. The van der Waals surface area contributed by atoms with Crippen LogP contribution in [0, 0.1) is 0 Å². The molecule has 0 heterocycles. The molecule has 0 aliphatic heterocycles. The zero-order chi connectivity index (χ0) is 12.6. The van der Waals surface area contributed by atoms with E-state index in [1.54, 1.807) is 0 Å². The van der Waals surface area contributed by atoms with Gasteiger partial charge in [-0.25, -0.2) is 0 Å². The summed E-state index contributed by atoms with van der Waals surface area (Å²) in [6.07, 6.45) is 5.21. The van der Waals surface area contributed by atoms with Crippen LogP contribution in [-0.4, -0.2) is 37.6 Å². The molecule has 0 atom stereocenters. The predicted molar refractivity (Wildman–Crippen MR) is 76.1 cm³/mol. The molecular weight excluding hydrogens is 196 g/mol. The molecule has 0 aliphatic carbocycles. The fourth-order valence-corrected chi connectivity index (χ4v) is 1.48. The zero-order valence-electron chi connectivity index (χ0n) is 12.3. The molecule has 1 N–H and O–H groups in total. The smallest absolute Gasteiger partial charge is 0.00190 e.